The van der Waals surface area contributed by atoms with Gasteiger partial charge in [0.05, 0.1) is 11.0 Å². The Bertz CT molecular complexity index is 1110. The summed E-state index contributed by atoms with van der Waals surface area (Å²) in [4.78, 5) is 31.9. The Labute approximate surface area is 182 Å². The van der Waals surface area contributed by atoms with Gasteiger partial charge in [-0.2, -0.15) is 0 Å². The summed E-state index contributed by atoms with van der Waals surface area (Å²) in [5.41, 5.74) is 0.747. The second-order valence-corrected chi connectivity index (χ2v) is 10.6. The van der Waals surface area contributed by atoms with Crippen molar-refractivity contribution in [3.05, 3.63) is 40.3 Å². The van der Waals surface area contributed by atoms with E-state index in [0.717, 1.165) is 30.2 Å². The summed E-state index contributed by atoms with van der Waals surface area (Å²) in [6, 6.07) is 9.39. The SMILES string of the molecule is CC(C)C1CCC(N2[C@@H]3CCC34[C@H]2C[C@H]4n2c(=O)c(C(=O)O)nc3ccccc32)CC1. The van der Waals surface area contributed by atoms with Gasteiger partial charge in [0.25, 0.3) is 5.56 Å². The van der Waals surface area contributed by atoms with E-state index < -0.39 is 11.5 Å². The largest absolute Gasteiger partial charge is 0.476 e. The van der Waals surface area contributed by atoms with Crippen molar-refractivity contribution >= 4 is 17.0 Å². The lowest BCUT2D eigenvalue weighted by atomic mass is 9.39. The molecule has 4 atom stereocenters. The molecular formula is C25H31N3O3. The van der Waals surface area contributed by atoms with Crippen molar-refractivity contribution in [3.8, 4) is 0 Å². The van der Waals surface area contributed by atoms with Crippen LogP contribution in [-0.4, -0.2) is 43.7 Å². The first-order chi connectivity index (χ1) is 14.9. The number of carboxylic acid groups (broad SMARTS) is 1. The van der Waals surface area contributed by atoms with Gasteiger partial charge in [-0.05, 0) is 68.9 Å². The molecule has 6 nitrogen and oxygen atoms in total. The van der Waals surface area contributed by atoms with E-state index >= 15 is 0 Å². The molecule has 4 fully saturated rings. The Kier molecular flexibility index (Phi) is 4.17. The number of fused-ring (bicyclic) bond motifs is 1. The summed E-state index contributed by atoms with van der Waals surface area (Å²) in [5.74, 6) is 0.415. The van der Waals surface area contributed by atoms with Crippen LogP contribution in [0.25, 0.3) is 11.0 Å². The van der Waals surface area contributed by atoms with Crippen molar-refractivity contribution in [1.82, 2.24) is 14.5 Å². The molecule has 1 N–H and O–H groups in total. The van der Waals surface area contributed by atoms with Crippen molar-refractivity contribution in [2.75, 3.05) is 0 Å². The molecule has 2 heterocycles. The number of carbonyl (C=O) groups is 1. The zero-order chi connectivity index (χ0) is 21.5. The van der Waals surface area contributed by atoms with Crippen LogP contribution in [0, 0.1) is 17.3 Å². The third-order valence-electron chi connectivity index (χ3n) is 9.29. The number of likely N-dealkylation sites (tertiary alicyclic amines) is 1. The first-order valence-electron chi connectivity index (χ1n) is 12.0. The Morgan fingerprint density at radius 1 is 1.10 bits per heavy atom. The maximum absolute atomic E-state index is 13.2. The topological polar surface area (TPSA) is 75.4 Å². The highest BCUT2D eigenvalue weighted by Gasteiger charge is 2.76. The number of carboxylic acids is 1. The molecule has 4 aliphatic rings. The molecule has 1 unspecified atom stereocenters. The normalized spacial score (nSPS) is 36.8. The number of rotatable bonds is 4. The fraction of sp³-hybridized carbons (Fsp3) is 0.640. The van der Waals surface area contributed by atoms with E-state index in [1.807, 2.05) is 24.3 Å². The van der Waals surface area contributed by atoms with Crippen LogP contribution in [-0.2, 0) is 0 Å². The van der Waals surface area contributed by atoms with E-state index in [2.05, 4.69) is 23.7 Å². The van der Waals surface area contributed by atoms with E-state index in [4.69, 9.17) is 0 Å². The molecule has 1 saturated heterocycles. The third kappa shape index (κ3) is 2.45. The maximum Gasteiger partial charge on any atom is 0.360 e. The predicted octanol–water partition coefficient (Wildman–Crippen LogP) is 4.09. The molecule has 1 aromatic carbocycles. The second kappa shape index (κ2) is 6.64. The first-order valence-corrected chi connectivity index (χ1v) is 12.0. The fourth-order valence-corrected chi connectivity index (χ4v) is 7.58. The number of aromatic carboxylic acids is 1. The van der Waals surface area contributed by atoms with Crippen LogP contribution in [0.15, 0.2) is 29.1 Å². The summed E-state index contributed by atoms with van der Waals surface area (Å²) in [5, 5.41) is 9.57. The predicted molar refractivity (Wildman–Crippen MR) is 118 cm³/mol. The number of piperidine rings is 2. The van der Waals surface area contributed by atoms with Gasteiger partial charge in [0.1, 0.15) is 0 Å². The van der Waals surface area contributed by atoms with E-state index in [1.165, 1.54) is 32.1 Å². The van der Waals surface area contributed by atoms with Gasteiger partial charge in [-0.25, -0.2) is 9.78 Å². The lowest BCUT2D eigenvalue weighted by Gasteiger charge is -2.81. The lowest BCUT2D eigenvalue weighted by molar-refractivity contribution is -0.309. The van der Waals surface area contributed by atoms with Crippen molar-refractivity contribution in [3.63, 3.8) is 0 Å². The van der Waals surface area contributed by atoms with Crippen LogP contribution in [0.5, 0.6) is 0 Å². The van der Waals surface area contributed by atoms with E-state index in [0.29, 0.717) is 23.6 Å². The number of aromatic nitrogens is 2. The third-order valence-corrected chi connectivity index (χ3v) is 9.29. The van der Waals surface area contributed by atoms with Crippen LogP contribution in [0.3, 0.4) is 0 Å². The Morgan fingerprint density at radius 2 is 1.84 bits per heavy atom. The average molecular weight is 422 g/mol. The average Bonchev–Trinajstić information content (AvgIpc) is 2.72. The molecule has 0 radical (unpaired) electrons. The van der Waals surface area contributed by atoms with Gasteiger partial charge < -0.3 is 9.67 Å². The van der Waals surface area contributed by atoms with Crippen LogP contribution >= 0.6 is 0 Å². The van der Waals surface area contributed by atoms with Crippen LogP contribution < -0.4 is 5.56 Å². The summed E-state index contributed by atoms with van der Waals surface area (Å²) < 4.78 is 1.79. The fourth-order valence-electron chi connectivity index (χ4n) is 7.58. The molecule has 1 spiro atoms. The smallest absolute Gasteiger partial charge is 0.360 e. The van der Waals surface area contributed by atoms with Gasteiger partial charge in [0.15, 0.2) is 0 Å². The minimum absolute atomic E-state index is 0.0954. The van der Waals surface area contributed by atoms with Gasteiger partial charge in [0, 0.05) is 29.6 Å². The van der Waals surface area contributed by atoms with Gasteiger partial charge >= 0.3 is 5.97 Å². The number of hydrogen-bond donors (Lipinski definition) is 1. The molecular weight excluding hydrogens is 390 g/mol. The Morgan fingerprint density at radius 3 is 2.45 bits per heavy atom. The summed E-state index contributed by atoms with van der Waals surface area (Å²) in [6.45, 7) is 4.70. The molecule has 31 heavy (non-hydrogen) atoms. The zero-order valence-electron chi connectivity index (χ0n) is 18.3. The highest BCUT2D eigenvalue weighted by atomic mass is 16.4. The highest BCUT2D eigenvalue weighted by Crippen LogP contribution is 2.73. The van der Waals surface area contributed by atoms with E-state index in [-0.39, 0.29) is 17.2 Å². The van der Waals surface area contributed by atoms with Crippen LogP contribution in [0.2, 0.25) is 0 Å². The maximum atomic E-state index is 13.2. The molecule has 6 heteroatoms. The quantitative estimate of drug-likeness (QED) is 0.805. The summed E-state index contributed by atoms with van der Waals surface area (Å²) >= 11 is 0. The summed E-state index contributed by atoms with van der Waals surface area (Å²) in [7, 11) is 0. The number of hydrogen-bond acceptors (Lipinski definition) is 4. The van der Waals surface area contributed by atoms with E-state index in [1.54, 1.807) is 4.57 Å². The Hall–Kier alpha value is -2.21. The van der Waals surface area contributed by atoms with Gasteiger partial charge in [-0.1, -0.05) is 26.0 Å². The first kappa shape index (κ1) is 19.5. The minimum atomic E-state index is -1.24. The summed E-state index contributed by atoms with van der Waals surface area (Å²) in [6.07, 6.45) is 8.59. The van der Waals surface area contributed by atoms with E-state index in [9.17, 15) is 14.7 Å². The molecule has 2 aromatic rings. The van der Waals surface area contributed by atoms with Gasteiger partial charge in [0.2, 0.25) is 5.69 Å². The van der Waals surface area contributed by atoms with Crippen molar-refractivity contribution < 1.29 is 9.90 Å². The monoisotopic (exact) mass is 421 g/mol. The molecule has 0 bridgehead atoms. The van der Waals surface area contributed by atoms with Crippen LogP contribution in [0.4, 0.5) is 0 Å². The molecule has 164 valence electrons. The molecule has 3 aliphatic carbocycles. The molecule has 0 amide bonds. The van der Waals surface area contributed by atoms with Gasteiger partial charge in [-0.15, -0.1) is 0 Å². The van der Waals surface area contributed by atoms with Gasteiger partial charge in [-0.3, -0.25) is 9.69 Å². The molecule has 1 aliphatic heterocycles. The van der Waals surface area contributed by atoms with Crippen molar-refractivity contribution in [2.45, 2.75) is 83.0 Å². The standard InChI is InChI=1S/C25H31N3O3/c1-14(2)15-7-9-16(10-8-15)27-19-11-12-25(19)20(27)13-21(25)28-18-6-4-3-5-17(18)26-22(23(28)29)24(30)31/h3-6,14-16,19-21H,7-13H2,1-2H3,(H,30,31)/t15?,16?,19-,20-,21-,25?/m1/s1. The Balaban J connectivity index is 1.31. The highest BCUT2D eigenvalue weighted by molar-refractivity contribution is 5.88. The number of benzene rings is 1. The van der Waals surface area contributed by atoms with Crippen molar-refractivity contribution in [2.24, 2.45) is 17.3 Å². The molecule has 6 rings (SSSR count). The molecule has 3 saturated carbocycles. The lowest BCUT2D eigenvalue weighted by Crippen LogP contribution is -2.86. The minimum Gasteiger partial charge on any atom is -0.476 e. The van der Waals surface area contributed by atoms with Crippen LogP contribution in [0.1, 0.15) is 75.3 Å². The molecule has 1 aromatic heterocycles. The number of nitrogens with zero attached hydrogens (tertiary/aromatic N) is 3. The zero-order valence-corrected chi connectivity index (χ0v) is 18.3. The second-order valence-electron chi connectivity index (χ2n) is 10.6. The van der Waals surface area contributed by atoms with Crippen molar-refractivity contribution in [1.29, 1.82) is 0 Å². The number of para-hydroxylation sites is 2.